The Hall–Kier alpha value is -3.64. The smallest absolute Gasteiger partial charge is 0.174 e. The molecule has 3 heterocycles. The van der Waals surface area contributed by atoms with Gasteiger partial charge < -0.3 is 19.7 Å². The Balaban J connectivity index is 1.62. The largest absolute Gasteiger partial charge is 0.372 e. The summed E-state index contributed by atoms with van der Waals surface area (Å²) in [6.45, 7) is 15.1. The van der Waals surface area contributed by atoms with Gasteiger partial charge in [0.15, 0.2) is 5.11 Å². The molecule has 6 heteroatoms. The predicted molar refractivity (Wildman–Crippen MR) is 163 cm³/mol. The molecule has 2 aromatic carbocycles. The molecule has 1 fully saturated rings. The minimum atomic E-state index is -0.0655. The number of benzene rings is 2. The van der Waals surface area contributed by atoms with Crippen LogP contribution in [0, 0.1) is 27.7 Å². The van der Waals surface area contributed by atoms with Gasteiger partial charge in [0.25, 0.3) is 0 Å². The van der Waals surface area contributed by atoms with Crippen molar-refractivity contribution < 1.29 is 0 Å². The molecule has 1 aliphatic rings. The molecule has 2 atom stereocenters. The molecule has 5 nitrogen and oxygen atoms in total. The van der Waals surface area contributed by atoms with Crippen molar-refractivity contribution in [3.63, 3.8) is 0 Å². The second-order valence-electron chi connectivity index (χ2n) is 10.1. The summed E-state index contributed by atoms with van der Waals surface area (Å²) in [6.07, 6.45) is 1.86. The van der Waals surface area contributed by atoms with E-state index in [0.717, 1.165) is 29.6 Å². The lowest BCUT2D eigenvalue weighted by Gasteiger charge is -2.28. The highest BCUT2D eigenvalue weighted by molar-refractivity contribution is 7.80. The zero-order valence-electron chi connectivity index (χ0n) is 23.2. The molecule has 4 aromatic rings. The standard InChI is InChI=1S/C32H37N5S/c1-7-35(8-2)25-14-16-26(17-15-25)36-23(5)20-28(24(36)6)31-30(29-11-9-10-18-33-29)34-32(38)37(31)27-13-12-21(3)22(4)19-27/h9-20,30-31H,7-8H2,1-6H3,(H,34,38)/t30-,31+/m0/s1. The summed E-state index contributed by atoms with van der Waals surface area (Å²) in [7, 11) is 0. The minimum Gasteiger partial charge on any atom is -0.372 e. The van der Waals surface area contributed by atoms with Crippen molar-refractivity contribution in [1.82, 2.24) is 14.9 Å². The summed E-state index contributed by atoms with van der Waals surface area (Å²) in [6, 6.07) is 23.8. The normalized spacial score (nSPS) is 17.1. The summed E-state index contributed by atoms with van der Waals surface area (Å²) >= 11 is 5.97. The van der Waals surface area contributed by atoms with Crippen LogP contribution in [0.15, 0.2) is 72.9 Å². The molecule has 1 aliphatic heterocycles. The summed E-state index contributed by atoms with van der Waals surface area (Å²) in [5.41, 5.74) is 10.7. The molecule has 0 radical (unpaired) electrons. The number of hydrogen-bond acceptors (Lipinski definition) is 3. The van der Waals surface area contributed by atoms with Crippen LogP contribution in [0.2, 0.25) is 0 Å². The van der Waals surface area contributed by atoms with E-state index in [4.69, 9.17) is 17.2 Å². The van der Waals surface area contributed by atoms with Crippen LogP contribution >= 0.6 is 12.2 Å². The Labute approximate surface area is 232 Å². The molecule has 0 saturated carbocycles. The van der Waals surface area contributed by atoms with Crippen LogP contribution in [0.4, 0.5) is 11.4 Å². The fraction of sp³-hybridized carbons (Fsp3) is 0.312. The Morgan fingerprint density at radius 1 is 0.868 bits per heavy atom. The molecular weight excluding hydrogens is 486 g/mol. The first-order chi connectivity index (χ1) is 18.3. The molecule has 38 heavy (non-hydrogen) atoms. The topological polar surface area (TPSA) is 36.3 Å². The molecule has 1 saturated heterocycles. The SMILES string of the molecule is CCN(CC)c1ccc(-n2c(C)cc([C@@H]3[C@H](c4ccccn4)NC(=S)N3c3ccc(C)c(C)c3)c2C)cc1. The number of aromatic nitrogens is 2. The van der Waals surface area contributed by atoms with Gasteiger partial charge in [-0.3, -0.25) is 4.98 Å². The average Bonchev–Trinajstić information content (AvgIpc) is 3.42. The third kappa shape index (κ3) is 4.58. The van der Waals surface area contributed by atoms with E-state index in [1.807, 2.05) is 18.3 Å². The fourth-order valence-electron chi connectivity index (χ4n) is 5.71. The Kier molecular flexibility index (Phi) is 7.26. The zero-order valence-corrected chi connectivity index (χ0v) is 24.0. The third-order valence-corrected chi connectivity index (χ3v) is 8.21. The number of anilines is 2. The predicted octanol–water partition coefficient (Wildman–Crippen LogP) is 7.13. The van der Waals surface area contributed by atoms with Crippen molar-refractivity contribution in [2.45, 2.75) is 53.6 Å². The third-order valence-electron chi connectivity index (χ3n) is 7.89. The quantitative estimate of drug-likeness (QED) is 0.261. The highest BCUT2D eigenvalue weighted by Gasteiger charge is 2.42. The van der Waals surface area contributed by atoms with Crippen LogP contribution in [0.25, 0.3) is 5.69 Å². The summed E-state index contributed by atoms with van der Waals surface area (Å²) in [5, 5.41) is 4.33. The first kappa shape index (κ1) is 26.0. The lowest BCUT2D eigenvalue weighted by atomic mass is 9.96. The molecule has 1 N–H and O–H groups in total. The molecule has 0 aliphatic carbocycles. The summed E-state index contributed by atoms with van der Waals surface area (Å²) in [4.78, 5) is 9.37. The monoisotopic (exact) mass is 523 g/mol. The van der Waals surface area contributed by atoms with Gasteiger partial charge in [0.05, 0.1) is 17.8 Å². The highest BCUT2D eigenvalue weighted by Crippen LogP contribution is 2.44. The van der Waals surface area contributed by atoms with Crippen molar-refractivity contribution in [1.29, 1.82) is 0 Å². The van der Waals surface area contributed by atoms with Gasteiger partial charge in [-0.15, -0.1) is 0 Å². The second-order valence-corrected chi connectivity index (χ2v) is 10.5. The molecule has 2 aromatic heterocycles. The molecule has 0 bridgehead atoms. The Morgan fingerprint density at radius 2 is 1.58 bits per heavy atom. The number of hydrogen-bond donors (Lipinski definition) is 1. The summed E-state index contributed by atoms with van der Waals surface area (Å²) < 4.78 is 2.36. The van der Waals surface area contributed by atoms with Gasteiger partial charge in [0.2, 0.25) is 0 Å². The first-order valence-corrected chi connectivity index (χ1v) is 13.9. The molecule has 0 amide bonds. The maximum absolute atomic E-state index is 5.97. The number of nitrogens with one attached hydrogen (secondary N) is 1. The highest BCUT2D eigenvalue weighted by atomic mass is 32.1. The van der Waals surface area contributed by atoms with E-state index >= 15 is 0 Å². The molecular formula is C32H37N5S. The zero-order chi connectivity index (χ0) is 27.0. The van der Waals surface area contributed by atoms with Gasteiger partial charge in [-0.25, -0.2) is 0 Å². The summed E-state index contributed by atoms with van der Waals surface area (Å²) in [5.74, 6) is 0. The Morgan fingerprint density at radius 3 is 2.21 bits per heavy atom. The first-order valence-electron chi connectivity index (χ1n) is 13.5. The van der Waals surface area contributed by atoms with Gasteiger partial charge >= 0.3 is 0 Å². The van der Waals surface area contributed by atoms with Gasteiger partial charge in [-0.1, -0.05) is 12.1 Å². The van der Waals surface area contributed by atoms with Gasteiger partial charge in [0, 0.05) is 47.7 Å². The van der Waals surface area contributed by atoms with Crippen LogP contribution in [0.5, 0.6) is 0 Å². The van der Waals surface area contributed by atoms with E-state index < -0.39 is 0 Å². The fourth-order valence-corrected chi connectivity index (χ4v) is 6.06. The van der Waals surface area contributed by atoms with Crippen molar-refractivity contribution in [3.8, 4) is 5.69 Å². The number of aryl methyl sites for hydroxylation is 3. The van der Waals surface area contributed by atoms with Crippen LogP contribution < -0.4 is 15.1 Å². The lowest BCUT2D eigenvalue weighted by Crippen LogP contribution is -2.29. The van der Waals surface area contributed by atoms with Crippen molar-refractivity contribution in [3.05, 3.63) is 107 Å². The van der Waals surface area contributed by atoms with Crippen LogP contribution in [-0.4, -0.2) is 27.8 Å². The molecule has 0 unspecified atom stereocenters. The van der Waals surface area contributed by atoms with Crippen molar-refractivity contribution >= 4 is 28.7 Å². The number of pyridine rings is 1. The van der Waals surface area contributed by atoms with Crippen molar-refractivity contribution in [2.24, 2.45) is 0 Å². The Bertz CT molecular complexity index is 1440. The van der Waals surface area contributed by atoms with E-state index in [-0.39, 0.29) is 12.1 Å². The number of nitrogens with zero attached hydrogens (tertiary/aromatic N) is 4. The molecule has 0 spiro atoms. The number of thiocarbonyl (C=S) groups is 1. The van der Waals surface area contributed by atoms with E-state index in [1.165, 1.54) is 39.5 Å². The maximum atomic E-state index is 5.97. The van der Waals surface area contributed by atoms with Crippen LogP contribution in [0.3, 0.4) is 0 Å². The average molecular weight is 524 g/mol. The molecule has 5 rings (SSSR count). The van der Waals surface area contributed by atoms with E-state index in [1.54, 1.807) is 0 Å². The van der Waals surface area contributed by atoms with Crippen LogP contribution in [0.1, 0.15) is 59.7 Å². The van der Waals surface area contributed by atoms with Crippen LogP contribution in [-0.2, 0) is 0 Å². The molecule has 196 valence electrons. The van der Waals surface area contributed by atoms with Gasteiger partial charge in [-0.05, 0) is 125 Å². The van der Waals surface area contributed by atoms with Crippen molar-refractivity contribution in [2.75, 3.05) is 22.9 Å². The number of rotatable bonds is 7. The van der Waals surface area contributed by atoms with Gasteiger partial charge in [0.1, 0.15) is 0 Å². The van der Waals surface area contributed by atoms with E-state index in [2.05, 4.69) is 116 Å². The lowest BCUT2D eigenvalue weighted by molar-refractivity contribution is 0.565. The van der Waals surface area contributed by atoms with Gasteiger partial charge in [-0.2, -0.15) is 0 Å². The van der Waals surface area contributed by atoms with E-state index in [0.29, 0.717) is 0 Å². The minimum absolute atomic E-state index is 0.0330. The maximum Gasteiger partial charge on any atom is 0.174 e. The second kappa shape index (κ2) is 10.6. The van der Waals surface area contributed by atoms with E-state index in [9.17, 15) is 0 Å².